The van der Waals surface area contributed by atoms with E-state index in [2.05, 4.69) is 16.3 Å². The zero-order valence-electron chi connectivity index (χ0n) is 17.2. The number of benzene rings is 1. The summed E-state index contributed by atoms with van der Waals surface area (Å²) >= 11 is 6.10. The fourth-order valence-electron chi connectivity index (χ4n) is 6.72. The van der Waals surface area contributed by atoms with Crippen LogP contribution in [-0.2, 0) is 20.9 Å². The number of carbonyl (C=O) groups is 2. The van der Waals surface area contributed by atoms with Crippen LogP contribution in [0.5, 0.6) is 0 Å². The van der Waals surface area contributed by atoms with Gasteiger partial charge in [0.05, 0.1) is 6.61 Å². The number of rotatable bonds is 5. The second-order valence-corrected chi connectivity index (χ2v) is 10.3. The molecule has 3 N–H and O–H groups in total. The Bertz CT molecular complexity index is 831. The van der Waals surface area contributed by atoms with Crippen LogP contribution in [-0.4, -0.2) is 48.6 Å². The number of hydrogen-bond donors (Lipinski definition) is 2. The average Bonchev–Trinajstić information content (AvgIpc) is 2.70. The topological polar surface area (TPSA) is 84.7 Å². The molecule has 2 unspecified atom stereocenters. The van der Waals surface area contributed by atoms with E-state index in [0.717, 1.165) is 55.8 Å². The van der Waals surface area contributed by atoms with Gasteiger partial charge in [0.2, 0.25) is 5.91 Å². The monoisotopic (exact) mass is 431 g/mol. The Morgan fingerprint density at radius 3 is 2.70 bits per heavy atom. The van der Waals surface area contributed by atoms with Crippen LogP contribution < -0.4 is 11.1 Å². The van der Waals surface area contributed by atoms with E-state index in [4.69, 9.17) is 22.1 Å². The number of nitrogens with one attached hydrogen (secondary N) is 1. The van der Waals surface area contributed by atoms with E-state index >= 15 is 0 Å². The molecule has 5 fully saturated rings. The third kappa shape index (κ3) is 3.74. The third-order valence-corrected chi connectivity index (χ3v) is 8.08. The standard InChI is InChI=1S/C23H30ClN3O3/c24-18-3-1-2-14(8-18)12-27-4-5-30-19(13-27)21(28)26-20-16-6-15-7-17(20)11-23(9-15,10-16)22(25)29/h1-3,8,15-17,19-20H,4-7,9-13H2,(H2,25,29)(H,26,28)/t15?,16?,17?,19-,20?,23?/m1/s1. The number of ether oxygens (including phenoxy) is 1. The molecular formula is C23H30ClN3O3. The van der Waals surface area contributed by atoms with Gasteiger partial charge in [-0.3, -0.25) is 14.5 Å². The molecule has 7 heteroatoms. The summed E-state index contributed by atoms with van der Waals surface area (Å²) in [6.45, 7) is 2.68. The van der Waals surface area contributed by atoms with E-state index in [1.54, 1.807) is 0 Å². The van der Waals surface area contributed by atoms with Crippen molar-refractivity contribution in [1.29, 1.82) is 0 Å². The summed E-state index contributed by atoms with van der Waals surface area (Å²) in [5, 5.41) is 4.05. The second-order valence-electron chi connectivity index (χ2n) is 9.87. The van der Waals surface area contributed by atoms with Crippen LogP contribution in [0.2, 0.25) is 5.02 Å². The molecule has 30 heavy (non-hydrogen) atoms. The third-order valence-electron chi connectivity index (χ3n) is 7.84. The van der Waals surface area contributed by atoms with Crippen LogP contribution in [0.3, 0.4) is 0 Å². The summed E-state index contributed by atoms with van der Waals surface area (Å²) in [4.78, 5) is 27.5. The molecule has 1 aliphatic heterocycles. The van der Waals surface area contributed by atoms with Crippen molar-refractivity contribution in [2.24, 2.45) is 28.9 Å². The zero-order chi connectivity index (χ0) is 20.9. The van der Waals surface area contributed by atoms with Gasteiger partial charge in [0, 0.05) is 36.1 Å². The molecular weight excluding hydrogens is 402 g/mol. The van der Waals surface area contributed by atoms with E-state index in [0.29, 0.717) is 30.9 Å². The summed E-state index contributed by atoms with van der Waals surface area (Å²) in [7, 11) is 0. The van der Waals surface area contributed by atoms with Gasteiger partial charge in [-0.2, -0.15) is 0 Å². The molecule has 1 aromatic rings. The highest BCUT2D eigenvalue weighted by Gasteiger charge is 2.58. The fourth-order valence-corrected chi connectivity index (χ4v) is 6.93. The molecule has 1 heterocycles. The normalized spacial score (nSPS) is 37.8. The van der Waals surface area contributed by atoms with Crippen molar-refractivity contribution in [2.75, 3.05) is 19.7 Å². The molecule has 0 radical (unpaired) electrons. The number of nitrogens with zero attached hydrogens (tertiary/aromatic N) is 1. The van der Waals surface area contributed by atoms with E-state index in [9.17, 15) is 9.59 Å². The maximum Gasteiger partial charge on any atom is 0.250 e. The number of primary amides is 1. The summed E-state index contributed by atoms with van der Waals surface area (Å²) in [5.74, 6) is 1.15. The van der Waals surface area contributed by atoms with Crippen molar-refractivity contribution < 1.29 is 14.3 Å². The number of halogens is 1. The van der Waals surface area contributed by atoms with Gasteiger partial charge in [0.15, 0.2) is 0 Å². The molecule has 0 aromatic heterocycles. The average molecular weight is 432 g/mol. The van der Waals surface area contributed by atoms with Crippen molar-refractivity contribution in [3.05, 3.63) is 34.9 Å². The molecule has 4 bridgehead atoms. The van der Waals surface area contributed by atoms with E-state index in [1.807, 2.05) is 18.2 Å². The van der Waals surface area contributed by atoms with E-state index in [1.165, 1.54) is 0 Å². The molecule has 4 saturated carbocycles. The maximum absolute atomic E-state index is 13.1. The van der Waals surface area contributed by atoms with Crippen LogP contribution in [0.15, 0.2) is 24.3 Å². The van der Waals surface area contributed by atoms with E-state index < -0.39 is 6.10 Å². The number of nitrogens with two attached hydrogens (primary N) is 1. The number of carbonyl (C=O) groups excluding carboxylic acids is 2. The summed E-state index contributed by atoms with van der Waals surface area (Å²) in [6, 6.07) is 7.99. The van der Waals surface area contributed by atoms with Crippen LogP contribution in [0, 0.1) is 23.2 Å². The molecule has 3 atom stereocenters. The van der Waals surface area contributed by atoms with Crippen molar-refractivity contribution >= 4 is 23.4 Å². The highest BCUT2D eigenvalue weighted by molar-refractivity contribution is 6.30. The minimum absolute atomic E-state index is 0.0172. The summed E-state index contributed by atoms with van der Waals surface area (Å²) in [5.41, 5.74) is 6.60. The molecule has 2 amide bonds. The van der Waals surface area contributed by atoms with Crippen molar-refractivity contribution in [1.82, 2.24) is 10.2 Å². The van der Waals surface area contributed by atoms with Crippen LogP contribution >= 0.6 is 11.6 Å². The molecule has 5 aliphatic rings. The molecule has 0 spiro atoms. The lowest BCUT2D eigenvalue weighted by atomic mass is 9.47. The zero-order valence-corrected chi connectivity index (χ0v) is 17.9. The van der Waals surface area contributed by atoms with Crippen LogP contribution in [0.25, 0.3) is 0 Å². The lowest BCUT2D eigenvalue weighted by Crippen LogP contribution is -2.63. The quantitative estimate of drug-likeness (QED) is 0.749. The minimum atomic E-state index is -0.458. The Hall–Kier alpha value is -1.63. The van der Waals surface area contributed by atoms with Gasteiger partial charge >= 0.3 is 0 Å². The largest absolute Gasteiger partial charge is 0.369 e. The van der Waals surface area contributed by atoms with Gasteiger partial charge in [0.1, 0.15) is 6.10 Å². The first kappa shape index (κ1) is 20.3. The molecule has 162 valence electrons. The number of hydrogen-bond acceptors (Lipinski definition) is 4. The highest BCUT2D eigenvalue weighted by atomic mass is 35.5. The van der Waals surface area contributed by atoms with Crippen molar-refractivity contribution in [2.45, 2.75) is 50.8 Å². The van der Waals surface area contributed by atoms with Gasteiger partial charge in [-0.15, -0.1) is 0 Å². The summed E-state index contributed by atoms with van der Waals surface area (Å²) in [6.07, 6.45) is 4.34. The van der Waals surface area contributed by atoms with Crippen molar-refractivity contribution in [3.8, 4) is 0 Å². The number of amides is 2. The lowest BCUT2D eigenvalue weighted by molar-refractivity contribution is -0.151. The fraction of sp³-hybridized carbons (Fsp3) is 0.652. The van der Waals surface area contributed by atoms with Gasteiger partial charge in [-0.05, 0) is 67.6 Å². The van der Waals surface area contributed by atoms with Gasteiger partial charge in [0.25, 0.3) is 5.91 Å². The maximum atomic E-state index is 13.1. The van der Waals surface area contributed by atoms with Gasteiger partial charge < -0.3 is 15.8 Å². The highest BCUT2D eigenvalue weighted by Crippen LogP contribution is 2.59. The van der Waals surface area contributed by atoms with Gasteiger partial charge in [-0.25, -0.2) is 0 Å². The molecule has 6 nitrogen and oxygen atoms in total. The second kappa shape index (κ2) is 7.81. The molecule has 6 rings (SSSR count). The minimum Gasteiger partial charge on any atom is -0.369 e. The smallest absolute Gasteiger partial charge is 0.250 e. The van der Waals surface area contributed by atoms with Crippen LogP contribution in [0.4, 0.5) is 0 Å². The first-order valence-corrected chi connectivity index (χ1v) is 11.5. The predicted octanol–water partition coefficient (Wildman–Crippen LogP) is 2.34. The molecule has 1 aromatic carbocycles. The Labute approximate surface area is 182 Å². The Kier molecular flexibility index (Phi) is 5.28. The predicted molar refractivity (Wildman–Crippen MR) is 114 cm³/mol. The first-order chi connectivity index (χ1) is 14.4. The number of morpholine rings is 1. The Balaban J connectivity index is 1.21. The lowest BCUT2D eigenvalue weighted by Gasteiger charge is -2.59. The molecule has 1 saturated heterocycles. The molecule has 4 aliphatic carbocycles. The van der Waals surface area contributed by atoms with Gasteiger partial charge in [-0.1, -0.05) is 23.7 Å². The SMILES string of the molecule is NC(=O)C12CC3CC(C1)C(NC(=O)[C@H]1CN(Cc4cccc(Cl)c4)CCO1)C(C3)C2. The first-order valence-electron chi connectivity index (χ1n) is 11.1. The van der Waals surface area contributed by atoms with E-state index in [-0.39, 0.29) is 23.3 Å². The summed E-state index contributed by atoms with van der Waals surface area (Å²) < 4.78 is 5.83. The Morgan fingerprint density at radius 2 is 2.00 bits per heavy atom. The Morgan fingerprint density at radius 1 is 1.23 bits per heavy atom. The van der Waals surface area contributed by atoms with Crippen LogP contribution in [0.1, 0.15) is 37.7 Å². The van der Waals surface area contributed by atoms with Crippen molar-refractivity contribution in [3.63, 3.8) is 0 Å².